The van der Waals surface area contributed by atoms with Gasteiger partial charge in [0.1, 0.15) is 0 Å². The normalized spacial score (nSPS) is 12.2. The first-order valence-electron chi connectivity index (χ1n) is 7.96. The van der Waals surface area contributed by atoms with Gasteiger partial charge in [0, 0.05) is 0 Å². The van der Waals surface area contributed by atoms with Crippen LogP contribution in [0.4, 0.5) is 0 Å². The van der Waals surface area contributed by atoms with Gasteiger partial charge in [-0.15, -0.1) is 0 Å². The third-order valence-corrected chi connectivity index (χ3v) is 4.78. The molecule has 0 aromatic rings. The SMILES string of the molecule is CCCCC(CCCC)(CCCC)OCO[CH2][SnH3]. The van der Waals surface area contributed by atoms with Gasteiger partial charge in [0.2, 0.25) is 0 Å². The molecule has 0 aromatic heterocycles. The summed E-state index contributed by atoms with van der Waals surface area (Å²) in [6.07, 6.45) is 11.2. The van der Waals surface area contributed by atoms with Crippen molar-refractivity contribution in [3.63, 3.8) is 0 Å². The fourth-order valence-electron chi connectivity index (χ4n) is 2.34. The first kappa shape index (κ1) is 18.7. The Morgan fingerprint density at radius 2 is 1.28 bits per heavy atom. The average molecular weight is 365 g/mol. The summed E-state index contributed by atoms with van der Waals surface area (Å²) in [7, 11) is 0. The molecule has 0 fully saturated rings. The van der Waals surface area contributed by atoms with Crippen molar-refractivity contribution in [2.24, 2.45) is 0 Å². The van der Waals surface area contributed by atoms with Gasteiger partial charge in [-0.3, -0.25) is 0 Å². The Balaban J connectivity index is 4.41. The predicted molar refractivity (Wildman–Crippen MR) is 83.1 cm³/mol. The fourth-order valence-corrected chi connectivity index (χ4v) is 2.81. The van der Waals surface area contributed by atoms with E-state index < -0.39 is 0 Å². The van der Waals surface area contributed by atoms with Crippen LogP contribution in [0.2, 0.25) is 0 Å². The van der Waals surface area contributed by atoms with Crippen LogP contribution in [0.15, 0.2) is 0 Å². The molecule has 0 aliphatic heterocycles. The molecule has 0 aromatic carbocycles. The van der Waals surface area contributed by atoms with E-state index >= 15 is 0 Å². The van der Waals surface area contributed by atoms with Gasteiger partial charge in [0.05, 0.1) is 0 Å². The van der Waals surface area contributed by atoms with Crippen molar-refractivity contribution in [1.82, 2.24) is 0 Å². The molecule has 0 aliphatic rings. The van der Waals surface area contributed by atoms with Crippen LogP contribution >= 0.6 is 0 Å². The summed E-state index contributed by atoms with van der Waals surface area (Å²) in [6, 6.07) is 0. The summed E-state index contributed by atoms with van der Waals surface area (Å²) in [5.74, 6) is 0. The summed E-state index contributed by atoms with van der Waals surface area (Å²) < 4.78 is 12.6. The molecule has 0 rings (SSSR count). The molecule has 3 heteroatoms. The van der Waals surface area contributed by atoms with Crippen LogP contribution in [-0.4, -0.2) is 39.5 Å². The zero-order chi connectivity index (χ0) is 13.7. The van der Waals surface area contributed by atoms with Gasteiger partial charge in [-0.1, -0.05) is 0 Å². The Hall–Kier alpha value is 0.719. The molecule has 0 heterocycles. The van der Waals surface area contributed by atoms with Crippen molar-refractivity contribution in [3.8, 4) is 0 Å². The maximum absolute atomic E-state index is 6.19. The van der Waals surface area contributed by atoms with E-state index in [9.17, 15) is 0 Å². The van der Waals surface area contributed by atoms with E-state index in [-0.39, 0.29) is 5.60 Å². The van der Waals surface area contributed by atoms with E-state index in [2.05, 4.69) is 20.8 Å². The standard InChI is InChI=1S/C15H31O2.Sn.3H/c1-5-8-11-15(12-9-6-2,13-10-7-3)17-14-16-4;;;;/h4-14H2,1-3H3;;;;. The molecule has 0 saturated heterocycles. The first-order valence-corrected chi connectivity index (χ1v) is 12.0. The second kappa shape index (κ2) is 12.7. The Morgan fingerprint density at radius 1 is 0.833 bits per heavy atom. The summed E-state index contributed by atoms with van der Waals surface area (Å²) in [6.45, 7) is 7.31. The molecule has 0 radical (unpaired) electrons. The Kier molecular flexibility index (Phi) is 13.2. The van der Waals surface area contributed by atoms with Crippen LogP contribution in [0.3, 0.4) is 0 Å². The molecule has 0 spiro atoms. The minimum atomic E-state index is 0.104. The third kappa shape index (κ3) is 8.76. The van der Waals surface area contributed by atoms with Gasteiger partial charge < -0.3 is 0 Å². The van der Waals surface area contributed by atoms with E-state index in [4.69, 9.17) is 9.47 Å². The second-order valence-corrected chi connectivity index (χ2v) is 6.90. The molecular weight excluding hydrogens is 331 g/mol. The zero-order valence-electron chi connectivity index (χ0n) is 13.1. The monoisotopic (exact) mass is 366 g/mol. The molecule has 0 N–H and O–H groups in total. The van der Waals surface area contributed by atoms with Gasteiger partial charge in [0.15, 0.2) is 0 Å². The van der Waals surface area contributed by atoms with Crippen molar-refractivity contribution >= 4 is 22.5 Å². The predicted octanol–water partition coefficient (Wildman–Crippen LogP) is 3.61. The van der Waals surface area contributed by atoms with Crippen molar-refractivity contribution in [3.05, 3.63) is 0 Å². The van der Waals surface area contributed by atoms with E-state index in [1.807, 2.05) is 0 Å². The van der Waals surface area contributed by atoms with Gasteiger partial charge in [-0.05, 0) is 0 Å². The van der Waals surface area contributed by atoms with Crippen molar-refractivity contribution < 1.29 is 9.47 Å². The van der Waals surface area contributed by atoms with Crippen LogP contribution < -0.4 is 0 Å². The van der Waals surface area contributed by atoms with Crippen molar-refractivity contribution in [1.29, 1.82) is 0 Å². The average Bonchev–Trinajstić information content (AvgIpc) is 2.40. The molecule has 0 saturated carbocycles. The van der Waals surface area contributed by atoms with E-state index in [0.717, 1.165) is 4.62 Å². The maximum atomic E-state index is 6.19. The molecule has 0 amide bonds. The van der Waals surface area contributed by atoms with Crippen LogP contribution in [0.25, 0.3) is 0 Å². The zero-order valence-corrected chi connectivity index (χ0v) is 18.8. The number of rotatable bonds is 13. The van der Waals surface area contributed by atoms with Crippen LogP contribution in [-0.2, 0) is 9.47 Å². The fraction of sp³-hybridized carbons (Fsp3) is 1.00. The summed E-state index contributed by atoms with van der Waals surface area (Å²) in [5.41, 5.74) is 0.104. The minimum absolute atomic E-state index is 0.104. The van der Waals surface area contributed by atoms with Crippen molar-refractivity contribution in [2.45, 2.75) is 84.2 Å². The number of ether oxygens (including phenoxy) is 2. The van der Waals surface area contributed by atoms with Crippen LogP contribution in [0.5, 0.6) is 0 Å². The number of hydrogen-bond acceptors (Lipinski definition) is 2. The van der Waals surface area contributed by atoms with Crippen molar-refractivity contribution in [2.75, 3.05) is 11.4 Å². The van der Waals surface area contributed by atoms with Crippen LogP contribution in [0, 0.1) is 0 Å². The molecule has 0 bridgehead atoms. The third-order valence-electron chi connectivity index (χ3n) is 3.61. The van der Waals surface area contributed by atoms with E-state index in [0.29, 0.717) is 29.3 Å². The molecular formula is C15H34O2Sn. The number of hydrogen-bond donors (Lipinski definition) is 0. The van der Waals surface area contributed by atoms with E-state index in [1.165, 1.54) is 57.8 Å². The van der Waals surface area contributed by atoms with Gasteiger partial charge >= 0.3 is 128 Å². The summed E-state index contributed by atoms with van der Waals surface area (Å²) >= 11 is 0.623. The molecule has 0 aliphatic carbocycles. The summed E-state index contributed by atoms with van der Waals surface area (Å²) in [5, 5.41) is 0. The van der Waals surface area contributed by atoms with Gasteiger partial charge in [-0.2, -0.15) is 0 Å². The molecule has 110 valence electrons. The molecule has 0 atom stereocenters. The molecule has 0 unspecified atom stereocenters. The first-order chi connectivity index (χ1) is 8.74. The summed E-state index contributed by atoms with van der Waals surface area (Å²) in [4.78, 5) is 0. The van der Waals surface area contributed by atoms with Gasteiger partial charge in [0.25, 0.3) is 0 Å². The topological polar surface area (TPSA) is 18.5 Å². The Bertz CT molecular complexity index is 152. The molecule has 2 nitrogen and oxygen atoms in total. The molecule has 18 heavy (non-hydrogen) atoms. The quantitative estimate of drug-likeness (QED) is 0.282. The number of unbranched alkanes of at least 4 members (excludes halogenated alkanes) is 3. The van der Waals surface area contributed by atoms with Crippen LogP contribution in [0.1, 0.15) is 78.6 Å². The Labute approximate surface area is 127 Å². The van der Waals surface area contributed by atoms with E-state index in [1.54, 1.807) is 0 Å². The Morgan fingerprint density at radius 3 is 1.61 bits per heavy atom. The second-order valence-electron chi connectivity index (χ2n) is 5.25. The van der Waals surface area contributed by atoms with Gasteiger partial charge in [-0.25, -0.2) is 0 Å².